The van der Waals surface area contributed by atoms with Gasteiger partial charge in [-0.05, 0) is 6.42 Å². The molecule has 5 heteroatoms. The Morgan fingerprint density at radius 2 is 1.76 bits per heavy atom. The van der Waals surface area contributed by atoms with Gasteiger partial charge in [0.15, 0.2) is 0 Å². The van der Waals surface area contributed by atoms with Crippen LogP contribution in [0.4, 0.5) is 0 Å². The molecule has 100 valence electrons. The molecule has 0 atom stereocenters. The lowest BCUT2D eigenvalue weighted by molar-refractivity contribution is -0.149. The zero-order valence-electron chi connectivity index (χ0n) is 10.7. The number of carbonyl (C=O) groups excluding carboxylic acids is 2. The number of unbranched alkanes of at least 4 members (excludes halogenated alkanes) is 3. The number of ether oxygens (including phenoxy) is 3. The summed E-state index contributed by atoms with van der Waals surface area (Å²) in [6, 6.07) is 0. The molecule has 0 spiro atoms. The molecule has 5 nitrogen and oxygen atoms in total. The standard InChI is InChI=1S/C12H22O5/c1-3-4-5-6-7-11(13)17-9-8-16-10-12(14)15-2/h3-10H2,1-2H3. The van der Waals surface area contributed by atoms with Crippen LogP contribution < -0.4 is 0 Å². The summed E-state index contributed by atoms with van der Waals surface area (Å²) in [7, 11) is 1.29. The maximum Gasteiger partial charge on any atom is 0.331 e. The van der Waals surface area contributed by atoms with E-state index in [1.54, 1.807) is 0 Å². The minimum absolute atomic E-state index is 0.107. The van der Waals surface area contributed by atoms with Crippen molar-refractivity contribution in [1.82, 2.24) is 0 Å². The summed E-state index contributed by atoms with van der Waals surface area (Å²) in [4.78, 5) is 21.8. The fraction of sp³-hybridized carbons (Fsp3) is 0.833. The van der Waals surface area contributed by atoms with Gasteiger partial charge < -0.3 is 14.2 Å². The third kappa shape index (κ3) is 11.2. The zero-order chi connectivity index (χ0) is 12.9. The number of carbonyl (C=O) groups is 2. The van der Waals surface area contributed by atoms with Crippen molar-refractivity contribution in [2.75, 3.05) is 26.9 Å². The molecule has 0 heterocycles. The van der Waals surface area contributed by atoms with E-state index in [9.17, 15) is 9.59 Å². The average Bonchev–Trinajstić information content (AvgIpc) is 2.34. The molecule has 0 aliphatic rings. The van der Waals surface area contributed by atoms with Gasteiger partial charge in [0.1, 0.15) is 13.2 Å². The second kappa shape index (κ2) is 11.4. The summed E-state index contributed by atoms with van der Waals surface area (Å²) in [6.07, 6.45) is 4.68. The van der Waals surface area contributed by atoms with E-state index in [1.165, 1.54) is 7.11 Å². The second-order valence-corrected chi connectivity index (χ2v) is 3.66. The molecule has 0 aliphatic heterocycles. The van der Waals surface area contributed by atoms with Crippen molar-refractivity contribution < 1.29 is 23.8 Å². The predicted octanol–water partition coefficient (Wildman–Crippen LogP) is 1.69. The van der Waals surface area contributed by atoms with Crippen LogP contribution in [0.5, 0.6) is 0 Å². The molecule has 0 aromatic carbocycles. The highest BCUT2D eigenvalue weighted by Gasteiger charge is 2.03. The Balaban J connectivity index is 3.24. The van der Waals surface area contributed by atoms with Gasteiger partial charge in [-0.2, -0.15) is 0 Å². The zero-order valence-corrected chi connectivity index (χ0v) is 10.7. The van der Waals surface area contributed by atoms with Crippen LogP contribution in [0.25, 0.3) is 0 Å². The summed E-state index contributed by atoms with van der Waals surface area (Å²) in [5.74, 6) is -0.640. The van der Waals surface area contributed by atoms with Crippen molar-refractivity contribution in [3.8, 4) is 0 Å². The normalized spacial score (nSPS) is 10.0. The number of rotatable bonds is 10. The van der Waals surface area contributed by atoms with Crippen LogP contribution >= 0.6 is 0 Å². The van der Waals surface area contributed by atoms with Crippen molar-refractivity contribution in [3.63, 3.8) is 0 Å². The van der Waals surface area contributed by atoms with E-state index >= 15 is 0 Å². The topological polar surface area (TPSA) is 61.8 Å². The number of hydrogen-bond donors (Lipinski definition) is 0. The van der Waals surface area contributed by atoms with Gasteiger partial charge in [0.25, 0.3) is 0 Å². The molecule has 0 unspecified atom stereocenters. The van der Waals surface area contributed by atoms with E-state index in [2.05, 4.69) is 11.7 Å². The lowest BCUT2D eigenvalue weighted by Crippen LogP contribution is -2.15. The molecule has 0 rings (SSSR count). The van der Waals surface area contributed by atoms with E-state index in [4.69, 9.17) is 9.47 Å². The first kappa shape index (κ1) is 15.9. The lowest BCUT2D eigenvalue weighted by Gasteiger charge is -2.05. The number of esters is 2. The van der Waals surface area contributed by atoms with Gasteiger partial charge in [-0.15, -0.1) is 0 Å². The second-order valence-electron chi connectivity index (χ2n) is 3.66. The molecular formula is C12H22O5. The molecule has 0 fully saturated rings. The first-order chi connectivity index (χ1) is 8.20. The summed E-state index contributed by atoms with van der Waals surface area (Å²) in [5.41, 5.74) is 0. The summed E-state index contributed by atoms with van der Waals surface area (Å²) in [6.45, 7) is 2.42. The third-order valence-electron chi connectivity index (χ3n) is 2.17. The van der Waals surface area contributed by atoms with Crippen molar-refractivity contribution in [3.05, 3.63) is 0 Å². The van der Waals surface area contributed by atoms with Gasteiger partial charge in [-0.25, -0.2) is 4.79 Å². The van der Waals surface area contributed by atoms with E-state index in [-0.39, 0.29) is 25.8 Å². The van der Waals surface area contributed by atoms with Crippen LogP contribution in [0.2, 0.25) is 0 Å². The Labute approximate surface area is 102 Å². The molecule has 0 saturated carbocycles. The summed E-state index contributed by atoms with van der Waals surface area (Å²) in [5, 5.41) is 0. The maximum atomic E-state index is 11.2. The molecule has 0 N–H and O–H groups in total. The van der Waals surface area contributed by atoms with E-state index in [0.717, 1.165) is 25.7 Å². The average molecular weight is 246 g/mol. The van der Waals surface area contributed by atoms with Gasteiger partial charge in [0.05, 0.1) is 13.7 Å². The smallest absolute Gasteiger partial charge is 0.331 e. The molecule has 0 aromatic heterocycles. The van der Waals surface area contributed by atoms with Gasteiger partial charge in [0, 0.05) is 6.42 Å². The van der Waals surface area contributed by atoms with E-state index in [0.29, 0.717) is 6.42 Å². The fourth-order valence-electron chi connectivity index (χ4n) is 1.20. The molecule has 0 saturated heterocycles. The van der Waals surface area contributed by atoms with Crippen LogP contribution in [0.3, 0.4) is 0 Å². The molecule has 0 aliphatic carbocycles. The summed E-state index contributed by atoms with van der Waals surface area (Å²) < 4.78 is 14.2. The van der Waals surface area contributed by atoms with E-state index < -0.39 is 5.97 Å². The molecule has 0 bridgehead atoms. The Morgan fingerprint density at radius 3 is 2.41 bits per heavy atom. The first-order valence-corrected chi connectivity index (χ1v) is 6.00. The molecule has 0 radical (unpaired) electrons. The predicted molar refractivity (Wildman–Crippen MR) is 62.6 cm³/mol. The van der Waals surface area contributed by atoms with Gasteiger partial charge >= 0.3 is 11.9 Å². The minimum atomic E-state index is -0.434. The lowest BCUT2D eigenvalue weighted by atomic mass is 10.2. The van der Waals surface area contributed by atoms with Crippen molar-refractivity contribution >= 4 is 11.9 Å². The van der Waals surface area contributed by atoms with Crippen LogP contribution in [0.1, 0.15) is 39.0 Å². The number of hydrogen-bond acceptors (Lipinski definition) is 5. The highest BCUT2D eigenvalue weighted by atomic mass is 16.6. The first-order valence-electron chi connectivity index (χ1n) is 6.00. The Kier molecular flexibility index (Phi) is 10.7. The molecule has 17 heavy (non-hydrogen) atoms. The van der Waals surface area contributed by atoms with Crippen LogP contribution in [0.15, 0.2) is 0 Å². The van der Waals surface area contributed by atoms with Crippen molar-refractivity contribution in [2.45, 2.75) is 39.0 Å². The molecule has 0 aromatic rings. The molecular weight excluding hydrogens is 224 g/mol. The highest BCUT2D eigenvalue weighted by molar-refractivity contribution is 5.70. The highest BCUT2D eigenvalue weighted by Crippen LogP contribution is 2.03. The quantitative estimate of drug-likeness (QED) is 0.433. The minimum Gasteiger partial charge on any atom is -0.467 e. The number of methoxy groups -OCH3 is 1. The SMILES string of the molecule is CCCCCCC(=O)OCCOCC(=O)OC. The van der Waals surface area contributed by atoms with Crippen LogP contribution in [-0.2, 0) is 23.8 Å². The Hall–Kier alpha value is -1.10. The monoisotopic (exact) mass is 246 g/mol. The van der Waals surface area contributed by atoms with Crippen molar-refractivity contribution in [1.29, 1.82) is 0 Å². The van der Waals surface area contributed by atoms with Crippen LogP contribution in [-0.4, -0.2) is 38.9 Å². The fourth-order valence-corrected chi connectivity index (χ4v) is 1.20. The Morgan fingerprint density at radius 1 is 1.00 bits per heavy atom. The van der Waals surface area contributed by atoms with E-state index in [1.807, 2.05) is 0 Å². The molecule has 0 amide bonds. The third-order valence-corrected chi connectivity index (χ3v) is 2.17. The van der Waals surface area contributed by atoms with Gasteiger partial charge in [0.2, 0.25) is 0 Å². The van der Waals surface area contributed by atoms with Gasteiger partial charge in [-0.3, -0.25) is 4.79 Å². The van der Waals surface area contributed by atoms with Crippen molar-refractivity contribution in [2.24, 2.45) is 0 Å². The summed E-state index contributed by atoms with van der Waals surface area (Å²) >= 11 is 0. The maximum absolute atomic E-state index is 11.2. The van der Waals surface area contributed by atoms with Crippen LogP contribution in [0, 0.1) is 0 Å². The Bertz CT molecular complexity index is 215. The largest absolute Gasteiger partial charge is 0.467 e. The van der Waals surface area contributed by atoms with Gasteiger partial charge in [-0.1, -0.05) is 26.2 Å².